The van der Waals surface area contributed by atoms with Crippen molar-refractivity contribution in [3.63, 3.8) is 0 Å². The molecule has 0 aliphatic rings. The van der Waals surface area contributed by atoms with Crippen LogP contribution in [0.2, 0.25) is 0 Å². The smallest absolute Gasteiger partial charge is 0.254 e. The van der Waals surface area contributed by atoms with Gasteiger partial charge in [0, 0.05) is 17.1 Å². The normalized spacial score (nSPS) is 10.4. The number of rotatable bonds is 3. The summed E-state index contributed by atoms with van der Waals surface area (Å²) in [4.78, 5) is 11.9. The monoisotopic (exact) mass is 339 g/mol. The van der Waals surface area contributed by atoms with Gasteiger partial charge in [-0.1, -0.05) is 28.1 Å². The van der Waals surface area contributed by atoms with Gasteiger partial charge in [-0.2, -0.15) is 0 Å². The van der Waals surface area contributed by atoms with Gasteiger partial charge in [0.05, 0.1) is 5.56 Å². The van der Waals surface area contributed by atoms with Crippen molar-refractivity contribution >= 4 is 21.8 Å². The molecule has 2 nitrogen and oxygen atoms in total. The molecule has 0 saturated carbocycles. The van der Waals surface area contributed by atoms with E-state index in [1.165, 1.54) is 13.0 Å². The van der Waals surface area contributed by atoms with Gasteiger partial charge in [0.2, 0.25) is 0 Å². The van der Waals surface area contributed by atoms with E-state index in [9.17, 15) is 13.6 Å². The number of benzene rings is 2. The molecule has 2 aromatic rings. The summed E-state index contributed by atoms with van der Waals surface area (Å²) in [6.07, 6.45) is 0. The van der Waals surface area contributed by atoms with Gasteiger partial charge in [0.25, 0.3) is 5.91 Å². The summed E-state index contributed by atoms with van der Waals surface area (Å²) in [6, 6.07) is 9.34. The Bertz CT molecular complexity index is 658. The van der Waals surface area contributed by atoms with Gasteiger partial charge >= 0.3 is 0 Å². The zero-order chi connectivity index (χ0) is 14.7. The summed E-state index contributed by atoms with van der Waals surface area (Å²) in [7, 11) is 0. The Hall–Kier alpha value is -1.75. The highest BCUT2D eigenvalue weighted by atomic mass is 79.9. The first kappa shape index (κ1) is 14.7. The molecule has 1 N–H and O–H groups in total. The van der Waals surface area contributed by atoms with Crippen LogP contribution in [0.15, 0.2) is 40.9 Å². The minimum Gasteiger partial charge on any atom is -0.348 e. The van der Waals surface area contributed by atoms with Crippen molar-refractivity contribution in [3.8, 4) is 0 Å². The summed E-state index contributed by atoms with van der Waals surface area (Å²) < 4.78 is 27.6. The second-order valence-corrected chi connectivity index (χ2v) is 5.31. The lowest BCUT2D eigenvalue weighted by molar-refractivity contribution is 0.0946. The third-order valence-electron chi connectivity index (χ3n) is 2.84. The molecule has 0 aliphatic carbocycles. The van der Waals surface area contributed by atoms with Crippen LogP contribution in [0, 0.1) is 18.6 Å². The lowest BCUT2D eigenvalue weighted by Gasteiger charge is -2.08. The SMILES string of the molecule is Cc1cc(C(=O)NCc2cccc(Br)c2)c(F)cc1F. The van der Waals surface area contributed by atoms with E-state index >= 15 is 0 Å². The molecule has 0 unspecified atom stereocenters. The summed E-state index contributed by atoms with van der Waals surface area (Å²) in [5.41, 5.74) is 0.963. The maximum Gasteiger partial charge on any atom is 0.254 e. The number of halogens is 3. The number of aryl methyl sites for hydroxylation is 1. The minimum atomic E-state index is -0.861. The molecular weight excluding hydrogens is 328 g/mol. The fourth-order valence-electron chi connectivity index (χ4n) is 1.76. The van der Waals surface area contributed by atoms with Crippen molar-refractivity contribution in [2.75, 3.05) is 0 Å². The molecule has 2 aromatic carbocycles. The molecule has 0 heterocycles. The average molecular weight is 340 g/mol. The molecule has 0 fully saturated rings. The molecular formula is C15H12BrF2NO. The largest absolute Gasteiger partial charge is 0.348 e. The Labute approximate surface area is 123 Å². The molecule has 0 saturated heterocycles. The summed E-state index contributed by atoms with van der Waals surface area (Å²) >= 11 is 3.33. The van der Waals surface area contributed by atoms with Crippen LogP contribution in [-0.2, 0) is 6.54 Å². The van der Waals surface area contributed by atoms with Crippen molar-refractivity contribution in [2.45, 2.75) is 13.5 Å². The Balaban J connectivity index is 2.11. The lowest BCUT2D eigenvalue weighted by atomic mass is 10.1. The van der Waals surface area contributed by atoms with Crippen LogP contribution in [-0.4, -0.2) is 5.91 Å². The van der Waals surface area contributed by atoms with Gasteiger partial charge in [-0.25, -0.2) is 8.78 Å². The second-order valence-electron chi connectivity index (χ2n) is 4.39. The van der Waals surface area contributed by atoms with E-state index in [0.29, 0.717) is 0 Å². The Kier molecular flexibility index (Phi) is 4.49. The molecule has 1 amide bonds. The van der Waals surface area contributed by atoms with Gasteiger partial charge < -0.3 is 5.32 Å². The topological polar surface area (TPSA) is 29.1 Å². The van der Waals surface area contributed by atoms with E-state index in [2.05, 4.69) is 21.2 Å². The maximum absolute atomic E-state index is 13.6. The molecule has 0 aromatic heterocycles. The molecule has 104 valence electrons. The first-order chi connectivity index (χ1) is 9.47. The second kappa shape index (κ2) is 6.13. The van der Waals surface area contributed by atoms with Crippen LogP contribution in [0.1, 0.15) is 21.5 Å². The van der Waals surface area contributed by atoms with Crippen LogP contribution in [0.5, 0.6) is 0 Å². The number of carbonyl (C=O) groups is 1. The van der Waals surface area contributed by atoms with Gasteiger partial charge in [0.1, 0.15) is 11.6 Å². The Morgan fingerprint density at radius 3 is 2.65 bits per heavy atom. The van der Waals surface area contributed by atoms with Crippen molar-refractivity contribution in [1.82, 2.24) is 5.32 Å². The third kappa shape index (κ3) is 3.42. The van der Waals surface area contributed by atoms with E-state index in [1.54, 1.807) is 0 Å². The first-order valence-electron chi connectivity index (χ1n) is 5.95. The average Bonchev–Trinajstić information content (AvgIpc) is 2.40. The summed E-state index contributed by atoms with van der Waals surface area (Å²) in [5, 5.41) is 2.61. The zero-order valence-corrected chi connectivity index (χ0v) is 12.3. The van der Waals surface area contributed by atoms with Gasteiger partial charge in [-0.3, -0.25) is 4.79 Å². The highest BCUT2D eigenvalue weighted by molar-refractivity contribution is 9.10. The predicted octanol–water partition coefficient (Wildman–Crippen LogP) is 3.97. The van der Waals surface area contributed by atoms with Crippen LogP contribution < -0.4 is 5.32 Å². The van der Waals surface area contributed by atoms with E-state index in [-0.39, 0.29) is 17.7 Å². The maximum atomic E-state index is 13.6. The standard InChI is InChI=1S/C15H12BrF2NO/c1-9-5-12(14(18)7-13(9)17)15(20)19-8-10-3-2-4-11(16)6-10/h2-7H,8H2,1H3,(H,19,20). The van der Waals surface area contributed by atoms with Crippen LogP contribution in [0.3, 0.4) is 0 Å². The first-order valence-corrected chi connectivity index (χ1v) is 6.75. The molecule has 0 atom stereocenters. The summed E-state index contributed by atoms with van der Waals surface area (Å²) in [5.74, 6) is -2.09. The van der Waals surface area contributed by atoms with Gasteiger partial charge in [0.15, 0.2) is 0 Å². The molecule has 2 rings (SSSR count). The number of carbonyl (C=O) groups excluding carboxylic acids is 1. The van der Waals surface area contributed by atoms with Crippen molar-refractivity contribution in [2.24, 2.45) is 0 Å². The molecule has 0 aliphatic heterocycles. The minimum absolute atomic E-state index is 0.154. The van der Waals surface area contributed by atoms with Gasteiger partial charge in [-0.15, -0.1) is 0 Å². The number of nitrogens with one attached hydrogen (secondary N) is 1. The number of hydrogen-bond donors (Lipinski definition) is 1. The van der Waals surface area contributed by atoms with Crippen LogP contribution in [0.4, 0.5) is 8.78 Å². The highest BCUT2D eigenvalue weighted by Gasteiger charge is 2.14. The zero-order valence-electron chi connectivity index (χ0n) is 10.7. The Morgan fingerprint density at radius 2 is 1.95 bits per heavy atom. The molecule has 0 spiro atoms. The van der Waals surface area contributed by atoms with E-state index in [4.69, 9.17) is 0 Å². The molecule has 20 heavy (non-hydrogen) atoms. The fraction of sp³-hybridized carbons (Fsp3) is 0.133. The van der Waals surface area contributed by atoms with Crippen molar-refractivity contribution in [1.29, 1.82) is 0 Å². The van der Waals surface area contributed by atoms with Crippen molar-refractivity contribution in [3.05, 3.63) is 69.2 Å². The molecule has 0 radical (unpaired) electrons. The molecule has 5 heteroatoms. The summed E-state index contributed by atoms with van der Waals surface area (Å²) in [6.45, 7) is 1.76. The quantitative estimate of drug-likeness (QED) is 0.900. The van der Waals surface area contributed by atoms with Crippen LogP contribution in [0.25, 0.3) is 0 Å². The predicted molar refractivity (Wildman–Crippen MR) is 76.4 cm³/mol. The highest BCUT2D eigenvalue weighted by Crippen LogP contribution is 2.15. The van der Waals surface area contributed by atoms with E-state index in [1.807, 2.05) is 24.3 Å². The van der Waals surface area contributed by atoms with Crippen molar-refractivity contribution < 1.29 is 13.6 Å². The Morgan fingerprint density at radius 1 is 1.20 bits per heavy atom. The van der Waals surface area contributed by atoms with E-state index < -0.39 is 17.5 Å². The van der Waals surface area contributed by atoms with Crippen LogP contribution >= 0.6 is 15.9 Å². The fourth-order valence-corrected chi connectivity index (χ4v) is 2.20. The lowest BCUT2D eigenvalue weighted by Crippen LogP contribution is -2.24. The number of hydrogen-bond acceptors (Lipinski definition) is 1. The third-order valence-corrected chi connectivity index (χ3v) is 3.33. The van der Waals surface area contributed by atoms with Gasteiger partial charge in [-0.05, 0) is 36.2 Å². The van der Waals surface area contributed by atoms with E-state index in [0.717, 1.165) is 16.1 Å². The molecule has 0 bridgehead atoms. The number of amides is 1.